The van der Waals surface area contributed by atoms with Gasteiger partial charge in [0.1, 0.15) is 11.4 Å². The molecule has 1 N–H and O–H groups in total. The number of hydrogen-bond donors (Lipinski definition) is 1. The molecule has 2 heterocycles. The van der Waals surface area contributed by atoms with Crippen molar-refractivity contribution in [2.24, 2.45) is 0 Å². The van der Waals surface area contributed by atoms with Crippen LogP contribution >= 0.6 is 11.8 Å². The zero-order valence-electron chi connectivity index (χ0n) is 18.9. The Morgan fingerprint density at radius 1 is 1.06 bits per heavy atom. The summed E-state index contributed by atoms with van der Waals surface area (Å²) in [7, 11) is -3.68. The van der Waals surface area contributed by atoms with E-state index in [-0.39, 0.29) is 0 Å². The Hall–Kier alpha value is -2.97. The summed E-state index contributed by atoms with van der Waals surface area (Å²) in [4.78, 5) is 14.3. The molecule has 4 aromatic rings. The Morgan fingerprint density at radius 2 is 1.82 bits per heavy atom. The number of aryl methyl sites for hydroxylation is 2. The normalized spacial score (nSPS) is 13.7. The monoisotopic (exact) mass is 494 g/mol. The molecule has 3 aromatic carbocycles. The molecule has 0 aliphatic carbocycles. The summed E-state index contributed by atoms with van der Waals surface area (Å²) in [6, 6.07) is 20.2. The average Bonchev–Trinajstić information content (AvgIpc) is 2.96. The topological polar surface area (TPSA) is 77.4 Å². The zero-order valence-corrected chi connectivity index (χ0v) is 20.5. The summed E-state index contributed by atoms with van der Waals surface area (Å²) in [6.45, 7) is 1.17. The Labute approximate surface area is 203 Å². The summed E-state index contributed by atoms with van der Waals surface area (Å²) in [5, 5.41) is 3.21. The van der Waals surface area contributed by atoms with E-state index in [2.05, 4.69) is 22.9 Å². The third-order valence-corrected chi connectivity index (χ3v) is 7.69. The van der Waals surface area contributed by atoms with Crippen LogP contribution in [0.3, 0.4) is 0 Å². The van der Waals surface area contributed by atoms with Crippen molar-refractivity contribution in [3.8, 4) is 5.75 Å². The number of carbonyl (C=O) groups excluding carboxylic acids is 1. The van der Waals surface area contributed by atoms with Gasteiger partial charge in [0.05, 0.1) is 18.4 Å². The third kappa shape index (κ3) is 4.52. The number of thioether (sulfide) groups is 1. The van der Waals surface area contributed by atoms with Crippen LogP contribution in [-0.2, 0) is 23.0 Å². The second-order valence-electron chi connectivity index (χ2n) is 8.47. The third-order valence-electron chi connectivity index (χ3n) is 6.00. The van der Waals surface area contributed by atoms with E-state index >= 15 is 0 Å². The van der Waals surface area contributed by atoms with Crippen molar-refractivity contribution in [2.45, 2.75) is 30.7 Å². The number of aromatic nitrogens is 1. The van der Waals surface area contributed by atoms with Crippen LogP contribution in [0.4, 0.5) is 0 Å². The van der Waals surface area contributed by atoms with Crippen molar-refractivity contribution in [3.05, 3.63) is 71.9 Å². The van der Waals surface area contributed by atoms with Crippen molar-refractivity contribution in [1.29, 1.82) is 0 Å². The number of hydrogen-bond acceptors (Lipinski definition) is 5. The highest BCUT2D eigenvalue weighted by Crippen LogP contribution is 2.37. The fraction of sp³-hybridized carbons (Fsp3) is 0.269. The molecule has 1 aliphatic rings. The van der Waals surface area contributed by atoms with Crippen LogP contribution in [0.2, 0.25) is 0 Å². The zero-order chi connectivity index (χ0) is 23.7. The van der Waals surface area contributed by atoms with E-state index in [0.717, 1.165) is 56.3 Å². The standard InChI is InChI=1S/C26H26N2O4S2/c1-34(30,31)27-26(29)25-21(20-11-5-14-23-24(20)28(25)15-7-17-33-23)12-6-16-32-22-13-4-9-18-8-2-3-10-19(18)22/h2-5,8-11,13-14H,6-7,12,15-17H2,1H3,(H,27,29). The lowest BCUT2D eigenvalue weighted by Crippen LogP contribution is -2.32. The summed E-state index contributed by atoms with van der Waals surface area (Å²) < 4.78 is 34.0. The maximum atomic E-state index is 13.1. The van der Waals surface area contributed by atoms with E-state index < -0.39 is 15.9 Å². The highest BCUT2D eigenvalue weighted by atomic mass is 32.2. The molecule has 0 saturated heterocycles. The van der Waals surface area contributed by atoms with Crippen LogP contribution < -0.4 is 9.46 Å². The van der Waals surface area contributed by atoms with Crippen LogP contribution in [0.5, 0.6) is 5.75 Å². The predicted octanol–water partition coefficient (Wildman–Crippen LogP) is 4.99. The molecule has 1 aromatic heterocycles. The number of benzene rings is 3. The minimum Gasteiger partial charge on any atom is -0.493 e. The molecule has 0 atom stereocenters. The SMILES string of the molecule is CS(=O)(=O)NC(=O)c1c(CCCOc2cccc3ccccc23)c2cccc3c2n1CCCS3. The quantitative estimate of drug-likeness (QED) is 0.366. The molecule has 8 heteroatoms. The van der Waals surface area contributed by atoms with Gasteiger partial charge >= 0.3 is 0 Å². The van der Waals surface area contributed by atoms with Gasteiger partial charge in [0.25, 0.3) is 5.91 Å². The van der Waals surface area contributed by atoms with Gasteiger partial charge in [-0.1, -0.05) is 48.5 Å². The van der Waals surface area contributed by atoms with Gasteiger partial charge < -0.3 is 9.30 Å². The first kappa shape index (κ1) is 22.8. The Kier molecular flexibility index (Phi) is 6.27. The predicted molar refractivity (Wildman–Crippen MR) is 137 cm³/mol. The molecule has 1 amide bonds. The van der Waals surface area contributed by atoms with Crippen molar-refractivity contribution < 1.29 is 17.9 Å². The highest BCUT2D eigenvalue weighted by Gasteiger charge is 2.26. The fourth-order valence-corrected chi connectivity index (χ4v) is 6.13. The van der Waals surface area contributed by atoms with Crippen LogP contribution in [0.1, 0.15) is 28.9 Å². The lowest BCUT2D eigenvalue weighted by Gasteiger charge is -2.12. The molecular formula is C26H26N2O4S2. The minimum atomic E-state index is -3.68. The number of rotatable bonds is 7. The molecule has 0 bridgehead atoms. The number of carbonyl (C=O) groups is 1. The van der Waals surface area contributed by atoms with Gasteiger partial charge in [0, 0.05) is 22.2 Å². The minimum absolute atomic E-state index is 0.445. The van der Waals surface area contributed by atoms with Gasteiger partial charge in [-0.15, -0.1) is 11.8 Å². The molecule has 0 saturated carbocycles. The second-order valence-corrected chi connectivity index (χ2v) is 11.4. The van der Waals surface area contributed by atoms with Crippen molar-refractivity contribution >= 4 is 49.4 Å². The Bertz CT molecular complexity index is 1490. The van der Waals surface area contributed by atoms with E-state index in [4.69, 9.17) is 4.74 Å². The summed E-state index contributed by atoms with van der Waals surface area (Å²) in [5.41, 5.74) is 2.34. The molecule has 0 fully saturated rings. The van der Waals surface area contributed by atoms with Gasteiger partial charge in [-0.05, 0) is 48.1 Å². The number of sulfonamides is 1. The number of ether oxygens (including phenoxy) is 1. The van der Waals surface area contributed by atoms with E-state index in [0.29, 0.717) is 31.7 Å². The average molecular weight is 495 g/mol. The first-order chi connectivity index (χ1) is 16.4. The summed E-state index contributed by atoms with van der Waals surface area (Å²) in [5.74, 6) is 1.23. The Balaban J connectivity index is 1.45. The Morgan fingerprint density at radius 3 is 2.68 bits per heavy atom. The molecule has 5 rings (SSSR count). The molecule has 0 radical (unpaired) electrons. The highest BCUT2D eigenvalue weighted by molar-refractivity contribution is 7.99. The van der Waals surface area contributed by atoms with E-state index in [1.165, 1.54) is 0 Å². The molecule has 1 aliphatic heterocycles. The van der Waals surface area contributed by atoms with Gasteiger partial charge in [-0.25, -0.2) is 13.1 Å². The molecule has 0 spiro atoms. The lowest BCUT2D eigenvalue weighted by molar-refractivity contribution is 0.0972. The van der Waals surface area contributed by atoms with Crippen LogP contribution in [-0.4, -0.2) is 37.5 Å². The van der Waals surface area contributed by atoms with Crippen molar-refractivity contribution in [3.63, 3.8) is 0 Å². The maximum absolute atomic E-state index is 13.1. The van der Waals surface area contributed by atoms with E-state index in [1.807, 2.05) is 47.0 Å². The first-order valence-electron chi connectivity index (χ1n) is 11.3. The molecular weight excluding hydrogens is 468 g/mol. The number of nitrogens with zero attached hydrogens (tertiary/aromatic N) is 1. The van der Waals surface area contributed by atoms with E-state index in [9.17, 15) is 13.2 Å². The second kappa shape index (κ2) is 9.35. The van der Waals surface area contributed by atoms with Gasteiger partial charge in [-0.3, -0.25) is 4.79 Å². The first-order valence-corrected chi connectivity index (χ1v) is 14.2. The number of amides is 1. The summed E-state index contributed by atoms with van der Waals surface area (Å²) in [6.07, 6.45) is 3.22. The van der Waals surface area contributed by atoms with Crippen molar-refractivity contribution in [2.75, 3.05) is 18.6 Å². The molecule has 6 nitrogen and oxygen atoms in total. The van der Waals surface area contributed by atoms with Crippen LogP contribution in [0.25, 0.3) is 21.7 Å². The maximum Gasteiger partial charge on any atom is 0.281 e. The summed E-state index contributed by atoms with van der Waals surface area (Å²) >= 11 is 1.78. The van der Waals surface area contributed by atoms with Gasteiger partial charge in [0.2, 0.25) is 10.0 Å². The molecule has 0 unspecified atom stereocenters. The van der Waals surface area contributed by atoms with Crippen molar-refractivity contribution in [1.82, 2.24) is 9.29 Å². The number of fused-ring (bicyclic) bond motifs is 1. The fourth-order valence-electron chi connectivity index (χ4n) is 4.67. The largest absolute Gasteiger partial charge is 0.493 e. The van der Waals surface area contributed by atoms with Gasteiger partial charge in [0.15, 0.2) is 0 Å². The van der Waals surface area contributed by atoms with Gasteiger partial charge in [-0.2, -0.15) is 0 Å². The molecule has 34 heavy (non-hydrogen) atoms. The molecule has 176 valence electrons. The smallest absolute Gasteiger partial charge is 0.281 e. The number of nitrogens with one attached hydrogen (secondary N) is 1. The van der Waals surface area contributed by atoms with E-state index in [1.54, 1.807) is 11.8 Å². The van der Waals surface area contributed by atoms with Crippen LogP contribution in [0, 0.1) is 0 Å². The lowest BCUT2D eigenvalue weighted by atomic mass is 10.1. The number of para-hydroxylation sites is 1. The van der Waals surface area contributed by atoms with Crippen LogP contribution in [0.15, 0.2) is 65.6 Å².